The van der Waals surface area contributed by atoms with Crippen molar-refractivity contribution in [2.24, 2.45) is 16.5 Å². The number of anilines is 1. The Hall–Kier alpha value is -4.41. The van der Waals surface area contributed by atoms with Crippen LogP contribution in [0.2, 0.25) is 5.02 Å². The molecule has 0 bridgehead atoms. The minimum atomic E-state index is -1.08. The van der Waals surface area contributed by atoms with E-state index >= 15 is 0 Å². The van der Waals surface area contributed by atoms with Crippen molar-refractivity contribution in [2.75, 3.05) is 18.0 Å². The van der Waals surface area contributed by atoms with E-state index in [1.54, 1.807) is 42.5 Å². The third-order valence-corrected chi connectivity index (χ3v) is 7.00. The number of carbonyl (C=O) groups is 3. The number of hydrogen-bond donors (Lipinski definition) is 4. The molecule has 0 saturated carbocycles. The monoisotopic (exact) mass is 546 g/mol. The summed E-state index contributed by atoms with van der Waals surface area (Å²) in [6, 6.07) is 19.4. The van der Waals surface area contributed by atoms with Gasteiger partial charge in [-0.3, -0.25) is 9.59 Å². The molecular weight excluding hydrogens is 520 g/mol. The fourth-order valence-corrected chi connectivity index (χ4v) is 5.08. The summed E-state index contributed by atoms with van der Waals surface area (Å²) >= 11 is 6.30. The smallest absolute Gasteiger partial charge is 0.422 e. The predicted octanol–water partition coefficient (Wildman–Crippen LogP) is 2.96. The molecule has 2 aliphatic rings. The van der Waals surface area contributed by atoms with Crippen LogP contribution in [0, 0.1) is 0 Å². The molecule has 0 aliphatic carbocycles. The maximum Gasteiger partial charge on any atom is 0.422 e. The minimum Gasteiger partial charge on any atom is -0.436 e. The van der Waals surface area contributed by atoms with Gasteiger partial charge in [0.05, 0.1) is 11.4 Å². The normalized spacial score (nSPS) is 18.7. The topological polar surface area (TPSA) is 152 Å². The average molecular weight is 547 g/mol. The van der Waals surface area contributed by atoms with Crippen molar-refractivity contribution >= 4 is 46.8 Å². The number of ether oxygens (including phenoxy) is 1. The second-order valence-electron chi connectivity index (χ2n) is 9.42. The number of nitrogens with zero attached hydrogens (tertiary/aromatic N) is 2. The highest BCUT2D eigenvalue weighted by atomic mass is 35.5. The quantitative estimate of drug-likeness (QED) is 0.274. The average Bonchev–Trinajstić information content (AvgIpc) is 3.38. The second kappa shape index (κ2) is 10.8. The summed E-state index contributed by atoms with van der Waals surface area (Å²) < 4.78 is 5.88. The third kappa shape index (κ3) is 5.43. The number of nitrogens with one attached hydrogen (secondary N) is 2. The van der Waals surface area contributed by atoms with Crippen molar-refractivity contribution in [1.29, 1.82) is 0 Å². The summed E-state index contributed by atoms with van der Waals surface area (Å²) in [5.41, 5.74) is 12.5. The summed E-state index contributed by atoms with van der Waals surface area (Å²) in [5, 5.41) is 6.48. The van der Waals surface area contributed by atoms with Crippen LogP contribution in [-0.4, -0.2) is 43.0 Å². The lowest BCUT2D eigenvalue weighted by molar-refractivity contribution is -0.120. The van der Waals surface area contributed by atoms with Crippen molar-refractivity contribution in [3.05, 3.63) is 94.5 Å². The highest BCUT2D eigenvalue weighted by Gasteiger charge is 2.49. The first kappa shape index (κ1) is 26.2. The van der Waals surface area contributed by atoms with Gasteiger partial charge in [-0.1, -0.05) is 41.9 Å². The Kier molecular flexibility index (Phi) is 7.23. The zero-order valence-electron chi connectivity index (χ0n) is 20.9. The molecule has 11 heteroatoms. The Bertz CT molecular complexity index is 1430. The Morgan fingerprint density at radius 3 is 2.51 bits per heavy atom. The zero-order chi connectivity index (χ0) is 27.6. The lowest BCUT2D eigenvalue weighted by atomic mass is 9.89. The molecule has 5 rings (SSSR count). The van der Waals surface area contributed by atoms with Gasteiger partial charge in [-0.05, 0) is 54.6 Å². The van der Waals surface area contributed by atoms with E-state index in [1.165, 1.54) is 0 Å². The summed E-state index contributed by atoms with van der Waals surface area (Å²) in [6.45, 7) is 1.07. The minimum absolute atomic E-state index is 0.106. The second-order valence-corrected chi connectivity index (χ2v) is 9.86. The lowest BCUT2D eigenvalue weighted by Gasteiger charge is -2.40. The number of nitrogens with two attached hydrogens (primary N) is 2. The van der Waals surface area contributed by atoms with Crippen LogP contribution in [0.15, 0.2) is 77.8 Å². The van der Waals surface area contributed by atoms with Crippen molar-refractivity contribution in [3.8, 4) is 0 Å². The number of fused-ring (bicyclic) bond motifs is 2. The Balaban J connectivity index is 1.48. The number of imide groups is 1. The highest BCUT2D eigenvalue weighted by molar-refractivity contribution is 6.31. The molecule has 1 fully saturated rings. The molecular formula is C28H27ClN6O4. The largest absolute Gasteiger partial charge is 0.436 e. The molecule has 3 aromatic rings. The van der Waals surface area contributed by atoms with Gasteiger partial charge in [-0.15, -0.1) is 0 Å². The summed E-state index contributed by atoms with van der Waals surface area (Å²) in [5.74, 6) is -1.23. The maximum absolute atomic E-state index is 14.0. The Morgan fingerprint density at radius 2 is 1.85 bits per heavy atom. The molecule has 1 saturated heterocycles. The molecule has 2 atom stereocenters. The van der Waals surface area contributed by atoms with Crippen LogP contribution in [0.1, 0.15) is 27.9 Å². The van der Waals surface area contributed by atoms with Gasteiger partial charge in [-0.2, -0.15) is 0 Å². The van der Waals surface area contributed by atoms with E-state index in [0.717, 1.165) is 10.5 Å². The molecule has 2 heterocycles. The van der Waals surface area contributed by atoms with Gasteiger partial charge in [0.15, 0.2) is 11.6 Å². The highest BCUT2D eigenvalue weighted by Crippen LogP contribution is 2.44. The number of carbonyl (C=O) groups excluding carboxylic acids is 3. The predicted molar refractivity (Wildman–Crippen MR) is 148 cm³/mol. The van der Waals surface area contributed by atoms with Gasteiger partial charge in [0, 0.05) is 35.5 Å². The van der Waals surface area contributed by atoms with Crippen molar-refractivity contribution in [2.45, 2.75) is 24.5 Å². The van der Waals surface area contributed by atoms with E-state index < -0.39 is 29.6 Å². The van der Waals surface area contributed by atoms with Crippen LogP contribution < -0.4 is 27.0 Å². The first-order valence-electron chi connectivity index (χ1n) is 12.4. The van der Waals surface area contributed by atoms with Crippen LogP contribution in [0.3, 0.4) is 0 Å². The molecule has 200 valence electrons. The summed E-state index contributed by atoms with van der Waals surface area (Å²) in [6.07, 6.45) is -0.0992. The number of benzene rings is 3. The molecule has 1 spiro atoms. The van der Waals surface area contributed by atoms with Gasteiger partial charge >= 0.3 is 6.09 Å². The zero-order valence-corrected chi connectivity index (χ0v) is 21.6. The Morgan fingerprint density at radius 1 is 1.10 bits per heavy atom. The van der Waals surface area contributed by atoms with Gasteiger partial charge < -0.3 is 26.8 Å². The molecule has 10 nitrogen and oxygen atoms in total. The molecule has 1 unspecified atom stereocenters. The van der Waals surface area contributed by atoms with Gasteiger partial charge in [0.2, 0.25) is 0 Å². The number of rotatable bonds is 6. The van der Waals surface area contributed by atoms with Crippen LogP contribution in [0.25, 0.3) is 0 Å². The maximum atomic E-state index is 14.0. The molecule has 0 aromatic heterocycles. The van der Waals surface area contributed by atoms with E-state index in [4.69, 9.17) is 27.8 Å². The fourth-order valence-electron chi connectivity index (χ4n) is 4.91. The lowest BCUT2D eigenvalue weighted by Crippen LogP contribution is -2.56. The molecule has 3 amide bonds. The van der Waals surface area contributed by atoms with E-state index in [-0.39, 0.29) is 12.4 Å². The van der Waals surface area contributed by atoms with Crippen LogP contribution in [0.5, 0.6) is 0 Å². The fraction of sp³-hybridized carbons (Fsp3) is 0.214. The first-order valence-corrected chi connectivity index (χ1v) is 12.8. The van der Waals surface area contributed by atoms with E-state index in [1.807, 2.05) is 30.3 Å². The van der Waals surface area contributed by atoms with Gasteiger partial charge in [-0.25, -0.2) is 14.7 Å². The van der Waals surface area contributed by atoms with Crippen LogP contribution >= 0.6 is 11.6 Å². The third-order valence-electron chi connectivity index (χ3n) is 6.77. The Labute approximate surface area is 230 Å². The van der Waals surface area contributed by atoms with Crippen LogP contribution in [-0.2, 0) is 21.6 Å². The van der Waals surface area contributed by atoms with Gasteiger partial charge in [0.1, 0.15) is 6.04 Å². The van der Waals surface area contributed by atoms with Crippen molar-refractivity contribution in [1.82, 2.24) is 10.6 Å². The van der Waals surface area contributed by atoms with Crippen molar-refractivity contribution < 1.29 is 19.1 Å². The molecule has 3 aromatic carbocycles. The molecule has 0 radical (unpaired) electrons. The SMILES string of the molecule is NC(N)=Nc1ccc(C(=O)N[C@@H](Cc2ccccc2)C(=O)N2C(=O)OC3(CCNC3)c3cc(Cl)ccc32)cc1. The summed E-state index contributed by atoms with van der Waals surface area (Å²) in [7, 11) is 0. The van der Waals surface area contributed by atoms with E-state index in [9.17, 15) is 14.4 Å². The number of hydrogen-bond acceptors (Lipinski definition) is 6. The van der Waals surface area contributed by atoms with Crippen LogP contribution in [0.4, 0.5) is 16.2 Å². The number of guanidine groups is 1. The molecule has 2 aliphatic heterocycles. The number of amides is 3. The number of halogens is 1. The number of aliphatic imine (C=N–C) groups is 1. The van der Waals surface area contributed by atoms with E-state index in [2.05, 4.69) is 15.6 Å². The summed E-state index contributed by atoms with van der Waals surface area (Å²) in [4.78, 5) is 45.6. The van der Waals surface area contributed by atoms with Gasteiger partial charge in [0.25, 0.3) is 11.8 Å². The van der Waals surface area contributed by atoms with E-state index in [0.29, 0.717) is 47.0 Å². The van der Waals surface area contributed by atoms with Crippen molar-refractivity contribution in [3.63, 3.8) is 0 Å². The molecule has 6 N–H and O–H groups in total. The first-order chi connectivity index (χ1) is 18.8. The standard InChI is InChI=1S/C28H27ClN6O4/c29-19-8-11-23-21(15-19)28(12-13-32-16-28)39-27(38)35(23)25(37)22(14-17-4-2-1-3-5-17)34-24(36)18-6-9-20(10-7-18)33-26(30)31/h1-11,15,22,32H,12-14,16H2,(H,34,36)(H4,30,31,33)/t22-,28?/m0/s1. The molecule has 39 heavy (non-hydrogen) atoms.